The van der Waals surface area contributed by atoms with Gasteiger partial charge in [0.2, 0.25) is 0 Å². The molecule has 4 nitrogen and oxygen atoms in total. The number of hydrogen-bond donors (Lipinski definition) is 1. The van der Waals surface area contributed by atoms with Crippen molar-refractivity contribution in [3.05, 3.63) is 64.7 Å². The second-order valence-electron chi connectivity index (χ2n) is 7.16. The van der Waals surface area contributed by atoms with E-state index in [0.717, 1.165) is 25.1 Å². The summed E-state index contributed by atoms with van der Waals surface area (Å²) in [5.41, 5.74) is 5.48. The van der Waals surface area contributed by atoms with Gasteiger partial charge in [-0.1, -0.05) is 30.3 Å². The topological polar surface area (TPSA) is 41.6 Å². The fraction of sp³-hybridized carbons (Fsp3) is 0.409. The zero-order valence-electron chi connectivity index (χ0n) is 15.2. The second-order valence-corrected chi connectivity index (χ2v) is 7.16. The molecule has 0 aromatic heterocycles. The quantitative estimate of drug-likeness (QED) is 0.854. The smallest absolute Gasteiger partial charge is 0.317 e. The van der Waals surface area contributed by atoms with Crippen LogP contribution >= 0.6 is 0 Å². The summed E-state index contributed by atoms with van der Waals surface area (Å²) >= 11 is 0. The third kappa shape index (κ3) is 3.85. The molecule has 1 aliphatic carbocycles. The van der Waals surface area contributed by atoms with Crippen LogP contribution in [0.15, 0.2) is 42.5 Å². The number of amides is 2. The predicted octanol–water partition coefficient (Wildman–Crippen LogP) is 3.71. The number of hydrogen-bond acceptors (Lipinski definition) is 2. The van der Waals surface area contributed by atoms with Crippen molar-refractivity contribution in [3.8, 4) is 5.75 Å². The highest BCUT2D eigenvalue weighted by molar-refractivity contribution is 5.74. The number of nitrogens with one attached hydrogen (secondary N) is 1. The van der Waals surface area contributed by atoms with Crippen molar-refractivity contribution in [3.63, 3.8) is 0 Å². The van der Waals surface area contributed by atoms with Gasteiger partial charge in [0.1, 0.15) is 12.4 Å². The SMILES string of the molecule is O=C(NCCOc1ccc2c(c1)CCCC2)N1CCc2ccccc2C1. The molecule has 0 saturated carbocycles. The summed E-state index contributed by atoms with van der Waals surface area (Å²) in [4.78, 5) is 14.2. The van der Waals surface area contributed by atoms with E-state index in [0.29, 0.717) is 19.7 Å². The summed E-state index contributed by atoms with van der Waals surface area (Å²) in [5.74, 6) is 0.909. The summed E-state index contributed by atoms with van der Waals surface area (Å²) in [6, 6.07) is 14.7. The number of carbonyl (C=O) groups is 1. The summed E-state index contributed by atoms with van der Waals surface area (Å²) in [6.45, 7) is 2.48. The summed E-state index contributed by atoms with van der Waals surface area (Å²) in [7, 11) is 0. The maximum atomic E-state index is 12.4. The standard InChI is InChI=1S/C22H26N2O2/c25-22(24-13-11-18-6-2-4-8-20(18)16-24)23-12-14-26-21-10-9-17-5-1-3-7-19(17)15-21/h2,4,6,8-10,15H,1,3,5,7,11-14,16H2,(H,23,25). The molecule has 0 radical (unpaired) electrons. The molecule has 136 valence electrons. The highest BCUT2D eigenvalue weighted by Crippen LogP contribution is 2.25. The molecule has 0 spiro atoms. The van der Waals surface area contributed by atoms with E-state index >= 15 is 0 Å². The minimum Gasteiger partial charge on any atom is -0.492 e. The maximum Gasteiger partial charge on any atom is 0.317 e. The van der Waals surface area contributed by atoms with Crippen LogP contribution in [-0.4, -0.2) is 30.6 Å². The molecule has 2 aromatic carbocycles. The zero-order chi connectivity index (χ0) is 17.8. The summed E-state index contributed by atoms with van der Waals surface area (Å²) in [5, 5.41) is 2.98. The van der Waals surface area contributed by atoms with E-state index in [-0.39, 0.29) is 6.03 Å². The lowest BCUT2D eigenvalue weighted by Crippen LogP contribution is -2.43. The van der Waals surface area contributed by atoms with Crippen molar-refractivity contribution in [1.82, 2.24) is 10.2 Å². The van der Waals surface area contributed by atoms with E-state index in [1.54, 1.807) is 0 Å². The molecule has 2 aromatic rings. The molecule has 2 amide bonds. The van der Waals surface area contributed by atoms with Crippen LogP contribution in [0.1, 0.15) is 35.1 Å². The van der Waals surface area contributed by atoms with E-state index in [9.17, 15) is 4.79 Å². The Labute approximate surface area is 155 Å². The fourth-order valence-corrected chi connectivity index (χ4v) is 3.91. The predicted molar refractivity (Wildman–Crippen MR) is 103 cm³/mol. The number of nitrogens with zero attached hydrogens (tertiary/aromatic N) is 1. The van der Waals surface area contributed by atoms with Crippen LogP contribution in [0, 0.1) is 0 Å². The average Bonchev–Trinajstić information content (AvgIpc) is 2.70. The first-order valence-corrected chi connectivity index (χ1v) is 9.64. The summed E-state index contributed by atoms with van der Waals surface area (Å²) in [6.07, 6.45) is 5.82. The van der Waals surface area contributed by atoms with E-state index in [1.807, 2.05) is 17.0 Å². The van der Waals surface area contributed by atoms with E-state index in [4.69, 9.17) is 4.74 Å². The Morgan fingerprint density at radius 1 is 0.962 bits per heavy atom. The van der Waals surface area contributed by atoms with Crippen LogP contribution in [-0.2, 0) is 25.8 Å². The zero-order valence-corrected chi connectivity index (χ0v) is 15.2. The molecular formula is C22H26N2O2. The lowest BCUT2D eigenvalue weighted by molar-refractivity contribution is 0.189. The van der Waals surface area contributed by atoms with Gasteiger partial charge in [0.05, 0.1) is 6.54 Å². The Morgan fingerprint density at radius 3 is 2.62 bits per heavy atom. The average molecular weight is 350 g/mol. The Hall–Kier alpha value is -2.49. The van der Waals surface area contributed by atoms with Crippen molar-refractivity contribution >= 4 is 6.03 Å². The number of benzene rings is 2. The van der Waals surface area contributed by atoms with Crippen LogP contribution in [0.2, 0.25) is 0 Å². The van der Waals surface area contributed by atoms with E-state index in [2.05, 4.69) is 35.6 Å². The molecule has 0 fully saturated rings. The van der Waals surface area contributed by atoms with E-state index < -0.39 is 0 Å². The van der Waals surface area contributed by atoms with Crippen LogP contribution in [0.25, 0.3) is 0 Å². The molecule has 0 unspecified atom stereocenters. The Balaban J connectivity index is 1.23. The van der Waals surface area contributed by atoms with Crippen molar-refractivity contribution in [2.24, 2.45) is 0 Å². The number of urea groups is 1. The molecule has 4 heteroatoms. The first-order chi connectivity index (χ1) is 12.8. The molecule has 4 rings (SSSR count). The highest BCUT2D eigenvalue weighted by Gasteiger charge is 2.19. The summed E-state index contributed by atoms with van der Waals surface area (Å²) < 4.78 is 5.83. The minimum absolute atomic E-state index is 0.00598. The van der Waals surface area contributed by atoms with Gasteiger partial charge < -0.3 is 15.0 Å². The van der Waals surface area contributed by atoms with Crippen LogP contribution < -0.4 is 10.1 Å². The largest absolute Gasteiger partial charge is 0.492 e. The molecule has 0 bridgehead atoms. The molecule has 0 atom stereocenters. The number of rotatable bonds is 4. The molecule has 26 heavy (non-hydrogen) atoms. The lowest BCUT2D eigenvalue weighted by Gasteiger charge is -2.29. The Bertz CT molecular complexity index is 787. The van der Waals surface area contributed by atoms with Gasteiger partial charge in [-0.05, 0) is 66.5 Å². The van der Waals surface area contributed by atoms with Crippen LogP contribution in [0.5, 0.6) is 5.75 Å². The number of carbonyl (C=O) groups excluding carboxylic acids is 1. The number of ether oxygens (including phenoxy) is 1. The van der Waals surface area contributed by atoms with Crippen LogP contribution in [0.4, 0.5) is 4.79 Å². The highest BCUT2D eigenvalue weighted by atomic mass is 16.5. The van der Waals surface area contributed by atoms with Gasteiger partial charge in [-0.25, -0.2) is 4.79 Å². The van der Waals surface area contributed by atoms with Crippen molar-refractivity contribution in [2.45, 2.75) is 38.6 Å². The lowest BCUT2D eigenvalue weighted by atomic mass is 9.92. The molecule has 1 heterocycles. The Kier molecular flexibility index (Phi) is 5.09. The number of fused-ring (bicyclic) bond motifs is 2. The van der Waals surface area contributed by atoms with Gasteiger partial charge in [0, 0.05) is 13.1 Å². The minimum atomic E-state index is -0.00598. The third-order valence-corrected chi connectivity index (χ3v) is 5.38. The van der Waals surface area contributed by atoms with Crippen molar-refractivity contribution < 1.29 is 9.53 Å². The molecule has 1 N–H and O–H groups in total. The normalized spacial score (nSPS) is 15.8. The van der Waals surface area contributed by atoms with Gasteiger partial charge >= 0.3 is 6.03 Å². The number of aryl methyl sites for hydroxylation is 2. The van der Waals surface area contributed by atoms with Gasteiger partial charge in [-0.2, -0.15) is 0 Å². The fourth-order valence-electron chi connectivity index (χ4n) is 3.91. The van der Waals surface area contributed by atoms with Gasteiger partial charge in [0.15, 0.2) is 0 Å². The monoisotopic (exact) mass is 350 g/mol. The molecule has 0 saturated heterocycles. The van der Waals surface area contributed by atoms with Crippen molar-refractivity contribution in [1.29, 1.82) is 0 Å². The molecule has 1 aliphatic heterocycles. The molecular weight excluding hydrogens is 324 g/mol. The van der Waals surface area contributed by atoms with Gasteiger partial charge in [0.25, 0.3) is 0 Å². The first kappa shape index (κ1) is 17.0. The van der Waals surface area contributed by atoms with Gasteiger partial charge in [-0.3, -0.25) is 0 Å². The second kappa shape index (κ2) is 7.81. The maximum absolute atomic E-state index is 12.4. The van der Waals surface area contributed by atoms with Gasteiger partial charge in [-0.15, -0.1) is 0 Å². The molecule has 2 aliphatic rings. The first-order valence-electron chi connectivity index (χ1n) is 9.64. The van der Waals surface area contributed by atoms with E-state index in [1.165, 1.54) is 41.5 Å². The third-order valence-electron chi connectivity index (χ3n) is 5.38. The van der Waals surface area contributed by atoms with Crippen molar-refractivity contribution in [2.75, 3.05) is 19.7 Å². The van der Waals surface area contributed by atoms with Crippen LogP contribution in [0.3, 0.4) is 0 Å². The Morgan fingerprint density at radius 2 is 1.73 bits per heavy atom.